The molecule has 0 radical (unpaired) electrons. The number of halogens is 1. The van der Waals surface area contributed by atoms with Crippen molar-refractivity contribution in [1.82, 2.24) is 0 Å². The first-order chi connectivity index (χ1) is 9.42. The van der Waals surface area contributed by atoms with E-state index in [9.17, 15) is 4.39 Å². The Morgan fingerprint density at radius 1 is 1.00 bits per heavy atom. The highest BCUT2D eigenvalue weighted by molar-refractivity contribution is 5.02. The highest BCUT2D eigenvalue weighted by atomic mass is 19.1. The molecule has 0 spiro atoms. The lowest BCUT2D eigenvalue weighted by molar-refractivity contribution is 0.262. The van der Waals surface area contributed by atoms with Crippen LogP contribution in [-0.4, -0.2) is 5.67 Å². The Bertz CT molecular complexity index is 262. The molecule has 0 aromatic heterocycles. The summed E-state index contributed by atoms with van der Waals surface area (Å²) in [4.78, 5) is 0. The molecule has 5 unspecified atom stereocenters. The molecular formula is C19H37F. The van der Waals surface area contributed by atoms with E-state index in [0.29, 0.717) is 5.92 Å². The minimum atomic E-state index is -0.769. The van der Waals surface area contributed by atoms with Crippen LogP contribution in [0.4, 0.5) is 4.39 Å². The monoisotopic (exact) mass is 284 g/mol. The van der Waals surface area contributed by atoms with Crippen molar-refractivity contribution >= 4 is 0 Å². The quantitative estimate of drug-likeness (QED) is 0.367. The van der Waals surface area contributed by atoms with Gasteiger partial charge in [0, 0.05) is 0 Å². The minimum absolute atomic E-state index is 0.394. The zero-order valence-corrected chi connectivity index (χ0v) is 14.6. The van der Waals surface area contributed by atoms with Gasteiger partial charge >= 0.3 is 0 Å². The summed E-state index contributed by atoms with van der Waals surface area (Å²) < 4.78 is 13.8. The fourth-order valence-electron chi connectivity index (χ4n) is 3.32. The van der Waals surface area contributed by atoms with E-state index in [-0.39, 0.29) is 0 Å². The zero-order valence-electron chi connectivity index (χ0n) is 14.6. The first-order valence-electron chi connectivity index (χ1n) is 9.11. The summed E-state index contributed by atoms with van der Waals surface area (Å²) in [5.41, 5.74) is -0.769. The number of hydrogen-bond donors (Lipinski definition) is 0. The van der Waals surface area contributed by atoms with Crippen molar-refractivity contribution < 1.29 is 4.39 Å². The Labute approximate surface area is 126 Å². The molecule has 0 amide bonds. The highest BCUT2D eigenvalue weighted by Crippen LogP contribution is 2.52. The molecule has 1 heteroatoms. The smallest absolute Gasteiger partial charge is 0.114 e. The van der Waals surface area contributed by atoms with Crippen molar-refractivity contribution in [2.45, 2.75) is 98.1 Å². The van der Waals surface area contributed by atoms with Gasteiger partial charge in [-0.1, -0.05) is 73.1 Å². The van der Waals surface area contributed by atoms with Crippen LogP contribution in [-0.2, 0) is 0 Å². The molecule has 5 atom stereocenters. The molecule has 120 valence electrons. The molecule has 1 aliphatic rings. The molecule has 0 nitrogen and oxygen atoms in total. The van der Waals surface area contributed by atoms with Crippen LogP contribution >= 0.6 is 0 Å². The number of alkyl halides is 1. The van der Waals surface area contributed by atoms with Crippen LogP contribution in [0.5, 0.6) is 0 Å². The van der Waals surface area contributed by atoms with E-state index in [1.807, 2.05) is 6.92 Å². The Hall–Kier alpha value is -0.0700. The Balaban J connectivity index is 2.03. The van der Waals surface area contributed by atoms with Crippen molar-refractivity contribution in [1.29, 1.82) is 0 Å². The lowest BCUT2D eigenvalue weighted by Gasteiger charge is -2.21. The molecule has 1 fully saturated rings. The van der Waals surface area contributed by atoms with E-state index >= 15 is 0 Å². The van der Waals surface area contributed by atoms with Crippen LogP contribution < -0.4 is 0 Å². The van der Waals surface area contributed by atoms with Gasteiger partial charge in [0.1, 0.15) is 5.67 Å². The van der Waals surface area contributed by atoms with E-state index in [0.717, 1.165) is 37.0 Å². The van der Waals surface area contributed by atoms with Gasteiger partial charge in [-0.3, -0.25) is 0 Å². The van der Waals surface area contributed by atoms with Crippen LogP contribution in [0, 0.1) is 23.7 Å². The second kappa shape index (κ2) is 8.39. The second-order valence-electron chi connectivity index (χ2n) is 7.62. The average Bonchev–Trinajstić information content (AvgIpc) is 3.11. The van der Waals surface area contributed by atoms with Crippen molar-refractivity contribution in [2.75, 3.05) is 0 Å². The van der Waals surface area contributed by atoms with Crippen molar-refractivity contribution in [3.63, 3.8) is 0 Å². The van der Waals surface area contributed by atoms with Gasteiger partial charge in [-0.25, -0.2) is 4.39 Å². The van der Waals surface area contributed by atoms with Gasteiger partial charge in [0.15, 0.2) is 0 Å². The fourth-order valence-corrected chi connectivity index (χ4v) is 3.32. The van der Waals surface area contributed by atoms with Crippen molar-refractivity contribution in [2.24, 2.45) is 23.7 Å². The Morgan fingerprint density at radius 3 is 2.20 bits per heavy atom. The average molecular weight is 285 g/mol. The van der Waals surface area contributed by atoms with E-state index in [1.165, 1.54) is 38.5 Å². The summed E-state index contributed by atoms with van der Waals surface area (Å²) in [5, 5.41) is 0. The molecule has 0 N–H and O–H groups in total. The maximum atomic E-state index is 13.8. The fraction of sp³-hybridized carbons (Fsp3) is 1.00. The van der Waals surface area contributed by atoms with Crippen LogP contribution in [0.1, 0.15) is 92.4 Å². The van der Waals surface area contributed by atoms with Gasteiger partial charge < -0.3 is 0 Å². The van der Waals surface area contributed by atoms with Crippen LogP contribution in [0.3, 0.4) is 0 Å². The van der Waals surface area contributed by atoms with Gasteiger partial charge in [0.25, 0.3) is 0 Å². The molecule has 0 heterocycles. The number of hydrogen-bond acceptors (Lipinski definition) is 0. The molecule has 0 aromatic carbocycles. The largest absolute Gasteiger partial charge is 0.244 e. The third-order valence-corrected chi connectivity index (χ3v) is 5.99. The number of unbranched alkanes of at least 4 members (excludes halogenated alkanes) is 1. The van der Waals surface area contributed by atoms with Crippen molar-refractivity contribution in [3.8, 4) is 0 Å². The topological polar surface area (TPSA) is 0 Å². The lowest BCUT2D eigenvalue weighted by atomic mass is 9.85. The van der Waals surface area contributed by atoms with Gasteiger partial charge in [-0.05, 0) is 42.9 Å². The van der Waals surface area contributed by atoms with E-state index in [2.05, 4.69) is 27.7 Å². The van der Waals surface area contributed by atoms with Gasteiger partial charge in [0.2, 0.25) is 0 Å². The zero-order chi connectivity index (χ0) is 15.2. The Kier molecular flexibility index (Phi) is 7.54. The van der Waals surface area contributed by atoms with Crippen LogP contribution in [0.2, 0.25) is 0 Å². The third-order valence-electron chi connectivity index (χ3n) is 5.99. The summed E-state index contributed by atoms with van der Waals surface area (Å²) in [7, 11) is 0. The first-order valence-corrected chi connectivity index (χ1v) is 9.11. The molecule has 0 bridgehead atoms. The Morgan fingerprint density at radius 2 is 1.65 bits per heavy atom. The predicted octanol–water partition coefficient (Wildman–Crippen LogP) is 6.78. The van der Waals surface area contributed by atoms with Gasteiger partial charge in [0.05, 0.1) is 0 Å². The van der Waals surface area contributed by atoms with E-state index in [1.54, 1.807) is 0 Å². The molecule has 0 saturated heterocycles. The van der Waals surface area contributed by atoms with Gasteiger partial charge in [-0.2, -0.15) is 0 Å². The van der Waals surface area contributed by atoms with Crippen LogP contribution in [0.25, 0.3) is 0 Å². The number of rotatable bonds is 11. The third kappa shape index (κ3) is 5.74. The summed E-state index contributed by atoms with van der Waals surface area (Å²) >= 11 is 0. The highest BCUT2D eigenvalue weighted by Gasteiger charge is 2.52. The summed E-state index contributed by atoms with van der Waals surface area (Å²) in [6.07, 6.45) is 10.6. The van der Waals surface area contributed by atoms with Gasteiger partial charge in [-0.15, -0.1) is 0 Å². The summed E-state index contributed by atoms with van der Waals surface area (Å²) in [6.45, 7) is 11.5. The molecule has 1 aliphatic carbocycles. The minimum Gasteiger partial charge on any atom is -0.244 e. The first kappa shape index (κ1) is 18.0. The standard InChI is InChI=1S/C19H37F/c1-6-15(3)12-13-17(5)16(4)10-8-9-11-18-14-19(18,20)7-2/h15-18H,6-14H2,1-5H3. The van der Waals surface area contributed by atoms with E-state index in [4.69, 9.17) is 0 Å². The second-order valence-corrected chi connectivity index (χ2v) is 7.62. The molecule has 0 aliphatic heterocycles. The normalized spacial score (nSPS) is 30.0. The molecule has 20 heavy (non-hydrogen) atoms. The predicted molar refractivity (Wildman–Crippen MR) is 87.7 cm³/mol. The summed E-state index contributed by atoms with van der Waals surface area (Å²) in [6, 6.07) is 0. The lowest BCUT2D eigenvalue weighted by Crippen LogP contribution is -2.10. The summed E-state index contributed by atoms with van der Waals surface area (Å²) in [5.74, 6) is 2.96. The van der Waals surface area contributed by atoms with E-state index < -0.39 is 5.67 Å². The maximum absolute atomic E-state index is 13.8. The molecule has 0 aromatic rings. The maximum Gasteiger partial charge on any atom is 0.114 e. The van der Waals surface area contributed by atoms with Crippen LogP contribution in [0.15, 0.2) is 0 Å². The van der Waals surface area contributed by atoms with Crippen molar-refractivity contribution in [3.05, 3.63) is 0 Å². The molecule has 1 rings (SSSR count). The molecule has 1 saturated carbocycles. The SMILES string of the molecule is CCC(C)CCC(C)C(C)CCCCC1CC1(F)CC. The molecular weight excluding hydrogens is 247 g/mol.